The molecule has 0 atom stereocenters. The van der Waals surface area contributed by atoms with Gasteiger partial charge in [-0.05, 0) is 56.5 Å². The van der Waals surface area contributed by atoms with Gasteiger partial charge in [0.25, 0.3) is 0 Å². The highest BCUT2D eigenvalue weighted by Crippen LogP contribution is 2.27. The van der Waals surface area contributed by atoms with E-state index in [0.717, 1.165) is 22.4 Å². The van der Waals surface area contributed by atoms with Crippen LogP contribution in [0.2, 0.25) is 0 Å². The van der Waals surface area contributed by atoms with Gasteiger partial charge < -0.3 is 19.6 Å². The second-order valence-corrected chi connectivity index (χ2v) is 9.06. The Morgan fingerprint density at radius 3 is 2.56 bits per heavy atom. The minimum atomic E-state index is -1.37. The van der Waals surface area contributed by atoms with Gasteiger partial charge in [-0.1, -0.05) is 36.4 Å². The van der Waals surface area contributed by atoms with Crippen LogP contribution in [0.3, 0.4) is 0 Å². The normalized spacial score (nSPS) is 11.4. The van der Waals surface area contributed by atoms with Crippen LogP contribution >= 0.6 is 0 Å². The Hall–Kier alpha value is -3.91. The van der Waals surface area contributed by atoms with E-state index >= 15 is 0 Å². The van der Waals surface area contributed by atoms with Crippen molar-refractivity contribution in [3.8, 4) is 17.2 Å². The Morgan fingerprint density at radius 2 is 1.92 bits per heavy atom. The number of hydrogen-bond acceptors (Lipinski definition) is 6. The molecule has 0 aliphatic heterocycles. The number of nitrogens with zero attached hydrogens (tertiary/aromatic N) is 2. The van der Waals surface area contributed by atoms with Gasteiger partial charge in [0.05, 0.1) is 12.2 Å². The third-order valence-electron chi connectivity index (χ3n) is 5.71. The van der Waals surface area contributed by atoms with Gasteiger partial charge in [0.1, 0.15) is 11.5 Å². The Kier molecular flexibility index (Phi) is 8.66. The van der Waals surface area contributed by atoms with Crippen LogP contribution in [0.25, 0.3) is 11.5 Å². The summed E-state index contributed by atoms with van der Waals surface area (Å²) >= 11 is 0. The molecule has 0 fully saturated rings. The third kappa shape index (κ3) is 6.82. The molecule has 0 spiro atoms. The molecule has 1 amide bonds. The Balaban J connectivity index is 1.86. The van der Waals surface area contributed by atoms with Gasteiger partial charge in [0.2, 0.25) is 11.8 Å². The number of carbonyl (C=O) groups excluding carboxylic acids is 1. The molecule has 190 valence electrons. The SMILES string of the molecule is C=CCc1cc(CN(CC(=O)NC)Cc2nc(-c3ccccc3)oc2C)ccc1OC(C)(C)C(=O)O. The molecule has 0 bridgehead atoms. The summed E-state index contributed by atoms with van der Waals surface area (Å²) in [5.74, 6) is 0.560. The monoisotopic (exact) mass is 491 g/mol. The molecule has 0 aliphatic carbocycles. The molecule has 2 N–H and O–H groups in total. The molecule has 1 heterocycles. The molecular formula is C28H33N3O5. The number of rotatable bonds is 12. The zero-order valence-electron chi connectivity index (χ0n) is 21.2. The van der Waals surface area contributed by atoms with Gasteiger partial charge in [0, 0.05) is 25.7 Å². The minimum absolute atomic E-state index is 0.117. The van der Waals surface area contributed by atoms with Crippen LogP contribution in [-0.2, 0) is 29.1 Å². The summed E-state index contributed by atoms with van der Waals surface area (Å²) in [6.45, 7) is 9.74. The van der Waals surface area contributed by atoms with Gasteiger partial charge in [-0.3, -0.25) is 9.69 Å². The smallest absolute Gasteiger partial charge is 0.347 e. The molecule has 8 heteroatoms. The number of hydrogen-bond donors (Lipinski definition) is 2. The number of carboxylic acids is 1. The fourth-order valence-corrected chi connectivity index (χ4v) is 3.66. The lowest BCUT2D eigenvalue weighted by molar-refractivity contribution is -0.152. The van der Waals surface area contributed by atoms with E-state index in [1.54, 1.807) is 19.2 Å². The molecule has 36 heavy (non-hydrogen) atoms. The molecule has 0 radical (unpaired) electrons. The first-order valence-corrected chi connectivity index (χ1v) is 11.7. The first kappa shape index (κ1) is 26.7. The number of carboxylic acid groups (broad SMARTS) is 1. The second-order valence-electron chi connectivity index (χ2n) is 9.06. The predicted molar refractivity (Wildman–Crippen MR) is 138 cm³/mol. The predicted octanol–water partition coefficient (Wildman–Crippen LogP) is 4.37. The Morgan fingerprint density at radius 1 is 1.19 bits per heavy atom. The van der Waals surface area contributed by atoms with Crippen molar-refractivity contribution in [3.63, 3.8) is 0 Å². The quantitative estimate of drug-likeness (QED) is 0.363. The van der Waals surface area contributed by atoms with Crippen LogP contribution < -0.4 is 10.1 Å². The highest BCUT2D eigenvalue weighted by molar-refractivity contribution is 5.77. The number of carbonyl (C=O) groups is 2. The van der Waals surface area contributed by atoms with Gasteiger partial charge in [-0.2, -0.15) is 0 Å². The lowest BCUT2D eigenvalue weighted by Gasteiger charge is -2.25. The summed E-state index contributed by atoms with van der Waals surface area (Å²) in [6.07, 6.45) is 2.25. The van der Waals surface area contributed by atoms with E-state index in [1.165, 1.54) is 13.8 Å². The van der Waals surface area contributed by atoms with Crippen LogP contribution in [0.5, 0.6) is 5.75 Å². The molecular weight excluding hydrogens is 458 g/mol. The first-order chi connectivity index (χ1) is 17.1. The van der Waals surface area contributed by atoms with Crippen molar-refractivity contribution in [2.75, 3.05) is 13.6 Å². The highest BCUT2D eigenvalue weighted by atomic mass is 16.5. The third-order valence-corrected chi connectivity index (χ3v) is 5.71. The number of amides is 1. The van der Waals surface area contributed by atoms with E-state index in [2.05, 4.69) is 16.9 Å². The summed E-state index contributed by atoms with van der Waals surface area (Å²) in [5, 5.41) is 12.1. The number of likely N-dealkylation sites (N-methyl/N-ethyl adjacent to an activating group) is 1. The number of oxazole rings is 1. The number of aromatic nitrogens is 1. The van der Waals surface area contributed by atoms with Gasteiger partial charge in [0.15, 0.2) is 5.60 Å². The topological polar surface area (TPSA) is 105 Å². The zero-order valence-corrected chi connectivity index (χ0v) is 21.2. The van der Waals surface area contributed by atoms with E-state index < -0.39 is 11.6 Å². The second kappa shape index (κ2) is 11.7. The van der Waals surface area contributed by atoms with Crippen LogP contribution in [-0.4, -0.2) is 46.1 Å². The summed E-state index contributed by atoms with van der Waals surface area (Å²) in [5.41, 5.74) is 2.04. The Labute approximate surface area is 211 Å². The van der Waals surface area contributed by atoms with Crippen molar-refractivity contribution >= 4 is 11.9 Å². The van der Waals surface area contributed by atoms with E-state index in [-0.39, 0.29) is 12.5 Å². The van der Waals surface area contributed by atoms with Gasteiger partial charge in [-0.15, -0.1) is 6.58 Å². The highest BCUT2D eigenvalue weighted by Gasteiger charge is 2.30. The van der Waals surface area contributed by atoms with Crippen molar-refractivity contribution < 1.29 is 23.8 Å². The standard InChI is InChI=1S/C28H33N3O5/c1-6-10-22-15-20(13-14-24(22)36-28(3,4)27(33)34)16-31(18-25(32)29-5)17-23-19(2)35-26(30-23)21-11-8-7-9-12-21/h6-9,11-15H,1,10,16-18H2,2-5H3,(H,29,32)(H,33,34). The summed E-state index contributed by atoms with van der Waals surface area (Å²) in [4.78, 5) is 30.5. The van der Waals surface area contributed by atoms with Crippen LogP contribution in [0, 0.1) is 6.92 Å². The average Bonchev–Trinajstić information content (AvgIpc) is 3.21. The summed E-state index contributed by atoms with van der Waals surface area (Å²) in [6, 6.07) is 15.3. The van der Waals surface area contributed by atoms with Crippen molar-refractivity contribution in [1.82, 2.24) is 15.2 Å². The lowest BCUT2D eigenvalue weighted by atomic mass is 10.0. The molecule has 0 unspecified atom stereocenters. The maximum absolute atomic E-state index is 12.3. The molecule has 2 aromatic carbocycles. The Bertz CT molecular complexity index is 1220. The van der Waals surface area contributed by atoms with Crippen LogP contribution in [0.4, 0.5) is 0 Å². The number of aliphatic carboxylic acids is 1. The minimum Gasteiger partial charge on any atom is -0.478 e. The van der Waals surface area contributed by atoms with Crippen LogP contribution in [0.1, 0.15) is 36.4 Å². The van der Waals surface area contributed by atoms with E-state index in [0.29, 0.717) is 36.9 Å². The molecule has 8 nitrogen and oxygen atoms in total. The summed E-state index contributed by atoms with van der Waals surface area (Å²) in [7, 11) is 1.61. The molecule has 0 saturated carbocycles. The zero-order chi connectivity index (χ0) is 26.3. The van der Waals surface area contributed by atoms with Crippen molar-refractivity contribution in [3.05, 3.63) is 83.8 Å². The van der Waals surface area contributed by atoms with Crippen molar-refractivity contribution in [2.45, 2.75) is 45.9 Å². The van der Waals surface area contributed by atoms with Gasteiger partial charge in [-0.25, -0.2) is 9.78 Å². The van der Waals surface area contributed by atoms with Crippen molar-refractivity contribution in [1.29, 1.82) is 0 Å². The fourth-order valence-electron chi connectivity index (χ4n) is 3.66. The first-order valence-electron chi connectivity index (χ1n) is 11.7. The maximum atomic E-state index is 12.3. The number of aryl methyl sites for hydroxylation is 1. The molecule has 1 aromatic heterocycles. The van der Waals surface area contributed by atoms with Crippen molar-refractivity contribution in [2.24, 2.45) is 0 Å². The number of ether oxygens (including phenoxy) is 1. The number of nitrogens with one attached hydrogen (secondary N) is 1. The summed E-state index contributed by atoms with van der Waals surface area (Å²) < 4.78 is 11.7. The molecule has 0 aliphatic rings. The average molecular weight is 492 g/mol. The van der Waals surface area contributed by atoms with Gasteiger partial charge >= 0.3 is 5.97 Å². The van der Waals surface area contributed by atoms with E-state index in [4.69, 9.17) is 9.15 Å². The number of allylic oxidation sites excluding steroid dienone is 1. The van der Waals surface area contributed by atoms with E-state index in [1.807, 2.05) is 54.3 Å². The van der Waals surface area contributed by atoms with Crippen LogP contribution in [0.15, 0.2) is 65.6 Å². The lowest BCUT2D eigenvalue weighted by Crippen LogP contribution is -2.38. The molecule has 0 saturated heterocycles. The fraction of sp³-hybridized carbons (Fsp3) is 0.321. The molecule has 3 rings (SSSR count). The largest absolute Gasteiger partial charge is 0.478 e. The molecule has 3 aromatic rings. The van der Waals surface area contributed by atoms with E-state index in [9.17, 15) is 14.7 Å². The number of benzene rings is 2. The maximum Gasteiger partial charge on any atom is 0.347 e.